The number of hydrogen-bond acceptors (Lipinski definition) is 2. The van der Waals surface area contributed by atoms with E-state index in [-0.39, 0.29) is 10.9 Å². The van der Waals surface area contributed by atoms with Gasteiger partial charge in [-0.15, -0.1) is 0 Å². The van der Waals surface area contributed by atoms with E-state index in [1.165, 1.54) is 12.1 Å². The standard InChI is InChI=1S/C10H9FN4S/c11-7-1-2-9(15-4-3-13-6-15)8(5-7)14-10(12)16/h1-6H,(H3,12,14,16). The lowest BCUT2D eigenvalue weighted by Crippen LogP contribution is -2.20. The Labute approximate surface area is 96.9 Å². The lowest BCUT2D eigenvalue weighted by molar-refractivity contribution is 0.628. The van der Waals surface area contributed by atoms with E-state index in [9.17, 15) is 4.39 Å². The van der Waals surface area contributed by atoms with Gasteiger partial charge >= 0.3 is 0 Å². The van der Waals surface area contributed by atoms with Gasteiger partial charge in [-0.05, 0) is 30.4 Å². The van der Waals surface area contributed by atoms with Crippen molar-refractivity contribution in [2.45, 2.75) is 0 Å². The second-order valence-corrected chi connectivity index (χ2v) is 3.56. The number of benzene rings is 1. The van der Waals surface area contributed by atoms with Crippen LogP contribution in [0.2, 0.25) is 0 Å². The maximum Gasteiger partial charge on any atom is 0.168 e. The van der Waals surface area contributed by atoms with Crippen molar-refractivity contribution in [1.29, 1.82) is 0 Å². The number of rotatable bonds is 2. The Morgan fingerprint density at radius 1 is 1.50 bits per heavy atom. The van der Waals surface area contributed by atoms with Gasteiger partial charge in [-0.1, -0.05) is 0 Å². The summed E-state index contributed by atoms with van der Waals surface area (Å²) in [6, 6.07) is 4.31. The minimum atomic E-state index is -0.359. The number of nitrogens with zero attached hydrogens (tertiary/aromatic N) is 2. The Bertz CT molecular complexity index is 510. The molecule has 0 saturated heterocycles. The van der Waals surface area contributed by atoms with Gasteiger partial charge in [0.1, 0.15) is 5.82 Å². The van der Waals surface area contributed by atoms with Gasteiger partial charge in [-0.25, -0.2) is 9.37 Å². The summed E-state index contributed by atoms with van der Waals surface area (Å²) in [6.07, 6.45) is 4.99. The Morgan fingerprint density at radius 3 is 2.94 bits per heavy atom. The molecular formula is C10H9FN4S. The van der Waals surface area contributed by atoms with Crippen molar-refractivity contribution in [3.05, 3.63) is 42.7 Å². The van der Waals surface area contributed by atoms with Crippen LogP contribution in [0.1, 0.15) is 0 Å². The third kappa shape index (κ3) is 2.17. The van der Waals surface area contributed by atoms with Gasteiger partial charge in [0.2, 0.25) is 0 Å². The lowest BCUT2D eigenvalue weighted by atomic mass is 10.2. The first kappa shape index (κ1) is 10.6. The number of nitrogens with two attached hydrogens (primary N) is 1. The van der Waals surface area contributed by atoms with Crippen molar-refractivity contribution in [3.8, 4) is 5.69 Å². The average Bonchev–Trinajstić information content (AvgIpc) is 2.69. The molecule has 0 aliphatic heterocycles. The van der Waals surface area contributed by atoms with Crippen molar-refractivity contribution in [1.82, 2.24) is 9.55 Å². The quantitative estimate of drug-likeness (QED) is 0.779. The van der Waals surface area contributed by atoms with E-state index in [1.54, 1.807) is 29.4 Å². The molecule has 0 saturated carbocycles. The molecule has 0 bridgehead atoms. The minimum absolute atomic E-state index is 0.0898. The third-order valence-electron chi connectivity index (χ3n) is 2.00. The van der Waals surface area contributed by atoms with Gasteiger partial charge < -0.3 is 15.6 Å². The van der Waals surface area contributed by atoms with Crippen molar-refractivity contribution < 1.29 is 4.39 Å². The van der Waals surface area contributed by atoms with E-state index < -0.39 is 0 Å². The highest BCUT2D eigenvalue weighted by atomic mass is 32.1. The second kappa shape index (κ2) is 4.28. The van der Waals surface area contributed by atoms with Gasteiger partial charge in [-0.2, -0.15) is 0 Å². The third-order valence-corrected chi connectivity index (χ3v) is 2.10. The molecule has 0 fully saturated rings. The van der Waals surface area contributed by atoms with Crippen LogP contribution < -0.4 is 11.1 Å². The SMILES string of the molecule is NC(=S)Nc1cc(F)ccc1-n1ccnc1. The largest absolute Gasteiger partial charge is 0.376 e. The van der Waals surface area contributed by atoms with Gasteiger partial charge in [0.15, 0.2) is 5.11 Å². The van der Waals surface area contributed by atoms with Gasteiger partial charge in [0.05, 0.1) is 17.7 Å². The Kier molecular flexibility index (Phi) is 2.82. The summed E-state index contributed by atoms with van der Waals surface area (Å²) in [6.45, 7) is 0. The molecule has 0 aliphatic carbocycles. The van der Waals surface area contributed by atoms with E-state index in [1.807, 2.05) is 0 Å². The number of halogens is 1. The van der Waals surface area contributed by atoms with Crippen LogP contribution in [0.15, 0.2) is 36.9 Å². The molecule has 2 aromatic rings. The van der Waals surface area contributed by atoms with E-state index in [0.717, 1.165) is 5.69 Å². The molecule has 1 aromatic carbocycles. The Morgan fingerprint density at radius 2 is 2.31 bits per heavy atom. The molecule has 82 valence electrons. The van der Waals surface area contributed by atoms with Crippen molar-refractivity contribution >= 4 is 23.0 Å². The zero-order valence-corrected chi connectivity index (χ0v) is 9.04. The van der Waals surface area contributed by atoms with Gasteiger partial charge in [0.25, 0.3) is 0 Å². The summed E-state index contributed by atoms with van der Waals surface area (Å²) in [5.41, 5.74) is 6.60. The second-order valence-electron chi connectivity index (χ2n) is 3.12. The van der Waals surface area contributed by atoms with Crippen molar-refractivity contribution in [2.75, 3.05) is 5.32 Å². The lowest BCUT2D eigenvalue weighted by Gasteiger charge is -2.11. The summed E-state index contributed by atoms with van der Waals surface area (Å²) in [5, 5.41) is 2.81. The zero-order valence-electron chi connectivity index (χ0n) is 8.22. The number of hydrogen-bond donors (Lipinski definition) is 2. The minimum Gasteiger partial charge on any atom is -0.376 e. The van der Waals surface area contributed by atoms with Crippen LogP contribution in [-0.4, -0.2) is 14.7 Å². The smallest absolute Gasteiger partial charge is 0.168 e. The normalized spacial score (nSPS) is 10.1. The molecule has 0 aliphatic rings. The summed E-state index contributed by atoms with van der Waals surface area (Å²) in [5.74, 6) is -0.359. The van der Waals surface area contributed by atoms with Crippen molar-refractivity contribution in [2.24, 2.45) is 5.73 Å². The van der Waals surface area contributed by atoms with Crippen LogP contribution in [0.5, 0.6) is 0 Å². The predicted molar refractivity (Wildman–Crippen MR) is 63.9 cm³/mol. The predicted octanol–water partition coefficient (Wildman–Crippen LogP) is 1.67. The van der Waals surface area contributed by atoms with Gasteiger partial charge in [0, 0.05) is 12.4 Å². The maximum atomic E-state index is 13.1. The number of nitrogens with one attached hydrogen (secondary N) is 1. The Hall–Kier alpha value is -1.95. The number of anilines is 1. The topological polar surface area (TPSA) is 55.9 Å². The fourth-order valence-electron chi connectivity index (χ4n) is 1.37. The molecular weight excluding hydrogens is 227 g/mol. The van der Waals surface area contributed by atoms with Gasteiger partial charge in [-0.3, -0.25) is 0 Å². The highest BCUT2D eigenvalue weighted by Gasteiger charge is 2.06. The summed E-state index contributed by atoms with van der Waals surface area (Å²) >= 11 is 4.73. The molecule has 0 amide bonds. The molecule has 3 N–H and O–H groups in total. The summed E-state index contributed by atoms with van der Waals surface area (Å²) in [4.78, 5) is 3.92. The summed E-state index contributed by atoms with van der Waals surface area (Å²) < 4.78 is 14.8. The summed E-state index contributed by atoms with van der Waals surface area (Å²) in [7, 11) is 0. The highest BCUT2D eigenvalue weighted by Crippen LogP contribution is 2.21. The van der Waals surface area contributed by atoms with Crippen LogP contribution in [0.3, 0.4) is 0 Å². The first-order chi connectivity index (χ1) is 7.66. The van der Waals surface area contributed by atoms with Crippen LogP contribution >= 0.6 is 12.2 Å². The molecule has 1 aromatic heterocycles. The molecule has 1 heterocycles. The number of thiocarbonyl (C=S) groups is 1. The first-order valence-electron chi connectivity index (χ1n) is 4.51. The van der Waals surface area contributed by atoms with Crippen LogP contribution in [0, 0.1) is 5.82 Å². The van der Waals surface area contributed by atoms with E-state index in [4.69, 9.17) is 18.0 Å². The van der Waals surface area contributed by atoms with Crippen molar-refractivity contribution in [3.63, 3.8) is 0 Å². The van der Waals surface area contributed by atoms with Crippen LogP contribution in [0.4, 0.5) is 10.1 Å². The highest BCUT2D eigenvalue weighted by molar-refractivity contribution is 7.80. The molecule has 0 spiro atoms. The molecule has 16 heavy (non-hydrogen) atoms. The van der Waals surface area contributed by atoms with E-state index >= 15 is 0 Å². The van der Waals surface area contributed by atoms with E-state index in [2.05, 4.69) is 10.3 Å². The fourth-order valence-corrected chi connectivity index (χ4v) is 1.48. The molecule has 4 nitrogen and oxygen atoms in total. The Balaban J connectivity index is 2.48. The first-order valence-corrected chi connectivity index (χ1v) is 4.92. The fraction of sp³-hybridized carbons (Fsp3) is 0. The molecule has 6 heteroatoms. The zero-order chi connectivity index (χ0) is 11.5. The number of aromatic nitrogens is 2. The van der Waals surface area contributed by atoms with E-state index in [0.29, 0.717) is 5.69 Å². The molecule has 0 atom stereocenters. The monoisotopic (exact) mass is 236 g/mol. The van der Waals surface area contributed by atoms with Crippen LogP contribution in [-0.2, 0) is 0 Å². The molecule has 2 rings (SSSR count). The number of imidazole rings is 1. The average molecular weight is 236 g/mol. The maximum absolute atomic E-state index is 13.1. The molecule has 0 radical (unpaired) electrons. The van der Waals surface area contributed by atoms with Crippen LogP contribution in [0.25, 0.3) is 5.69 Å². The molecule has 0 unspecified atom stereocenters.